The first-order chi connectivity index (χ1) is 8.99. The number of ether oxygens (including phenoxy) is 2. The van der Waals surface area contributed by atoms with Gasteiger partial charge in [-0.25, -0.2) is 14.0 Å². The molecule has 0 radical (unpaired) electrons. The molecule has 19 heavy (non-hydrogen) atoms. The van der Waals surface area contributed by atoms with Gasteiger partial charge in [0.25, 0.3) is 0 Å². The molecule has 0 unspecified atom stereocenters. The summed E-state index contributed by atoms with van der Waals surface area (Å²) in [6.45, 7) is 0. The van der Waals surface area contributed by atoms with Crippen molar-refractivity contribution >= 4 is 28.7 Å². The molecule has 0 spiro atoms. The lowest BCUT2D eigenvalue weighted by Crippen LogP contribution is -2.06. The number of methoxy groups -OCH3 is 2. The summed E-state index contributed by atoms with van der Waals surface area (Å²) < 4.78 is 22.8. The van der Waals surface area contributed by atoms with Gasteiger partial charge in [-0.05, 0) is 12.1 Å². The summed E-state index contributed by atoms with van der Waals surface area (Å²) in [6, 6.07) is 2.28. The van der Waals surface area contributed by atoms with E-state index in [4.69, 9.17) is 5.73 Å². The van der Waals surface area contributed by atoms with Crippen LogP contribution in [0.5, 0.6) is 0 Å². The third-order valence-corrected chi connectivity index (χ3v) is 2.71. The van der Waals surface area contributed by atoms with Gasteiger partial charge in [0, 0.05) is 5.39 Å². The van der Waals surface area contributed by atoms with E-state index in [0.717, 1.165) is 13.2 Å². The van der Waals surface area contributed by atoms with Gasteiger partial charge < -0.3 is 20.2 Å². The Labute approximate surface area is 107 Å². The summed E-state index contributed by atoms with van der Waals surface area (Å²) in [7, 11) is 2.34. The maximum atomic E-state index is 13.7. The monoisotopic (exact) mass is 266 g/mol. The maximum absolute atomic E-state index is 13.7. The van der Waals surface area contributed by atoms with Crippen molar-refractivity contribution in [2.24, 2.45) is 0 Å². The Kier molecular flexibility index (Phi) is 3.12. The van der Waals surface area contributed by atoms with Crippen molar-refractivity contribution in [1.82, 2.24) is 4.98 Å². The highest BCUT2D eigenvalue weighted by molar-refractivity contribution is 6.10. The molecule has 1 aromatic carbocycles. The molecule has 0 saturated carbocycles. The van der Waals surface area contributed by atoms with Crippen LogP contribution in [0, 0.1) is 5.82 Å². The van der Waals surface area contributed by atoms with Crippen LogP contribution in [0.1, 0.15) is 20.7 Å². The summed E-state index contributed by atoms with van der Waals surface area (Å²) in [5.41, 5.74) is 5.72. The van der Waals surface area contributed by atoms with Crippen LogP contribution in [0.3, 0.4) is 0 Å². The smallest absolute Gasteiger partial charge is 0.342 e. The van der Waals surface area contributed by atoms with E-state index >= 15 is 0 Å². The fourth-order valence-corrected chi connectivity index (χ4v) is 1.82. The van der Waals surface area contributed by atoms with Crippen molar-refractivity contribution in [3.05, 3.63) is 29.1 Å². The minimum atomic E-state index is -0.838. The maximum Gasteiger partial charge on any atom is 0.342 e. The number of rotatable bonds is 2. The zero-order valence-corrected chi connectivity index (χ0v) is 10.2. The number of halogens is 1. The van der Waals surface area contributed by atoms with E-state index in [1.54, 1.807) is 0 Å². The summed E-state index contributed by atoms with van der Waals surface area (Å²) in [5, 5.41) is 0.297. The molecule has 0 atom stereocenters. The Hall–Kier alpha value is -2.57. The van der Waals surface area contributed by atoms with Gasteiger partial charge in [0.05, 0.1) is 25.3 Å². The number of nitrogen functional groups attached to an aromatic ring is 1. The highest BCUT2D eigenvalue weighted by Crippen LogP contribution is 2.27. The van der Waals surface area contributed by atoms with Crippen molar-refractivity contribution < 1.29 is 23.5 Å². The van der Waals surface area contributed by atoms with E-state index in [1.807, 2.05) is 0 Å². The first-order valence-corrected chi connectivity index (χ1v) is 5.27. The number of nitrogens with one attached hydrogen (secondary N) is 1. The number of aromatic amines is 1. The molecular weight excluding hydrogens is 255 g/mol. The fraction of sp³-hybridized carbons (Fsp3) is 0.167. The van der Waals surface area contributed by atoms with E-state index in [9.17, 15) is 14.0 Å². The lowest BCUT2D eigenvalue weighted by Gasteiger charge is -2.02. The molecule has 0 aliphatic rings. The number of hydrogen-bond acceptors (Lipinski definition) is 5. The second kappa shape index (κ2) is 4.60. The number of carbonyl (C=O) groups excluding carboxylic acids is 2. The average molecular weight is 266 g/mol. The molecule has 3 N–H and O–H groups in total. The van der Waals surface area contributed by atoms with Gasteiger partial charge in [0.2, 0.25) is 0 Å². The van der Waals surface area contributed by atoms with Crippen molar-refractivity contribution in [2.45, 2.75) is 0 Å². The Balaban J connectivity index is 2.75. The first kappa shape index (κ1) is 12.9. The molecule has 0 saturated heterocycles. The molecule has 1 heterocycles. The predicted molar refractivity (Wildman–Crippen MR) is 65.3 cm³/mol. The number of anilines is 1. The number of carbonyl (C=O) groups is 2. The summed E-state index contributed by atoms with van der Waals surface area (Å²) >= 11 is 0. The SMILES string of the molecule is COC(=O)c1cc2c(C(=O)OC)c(N)[nH]c2cc1F. The van der Waals surface area contributed by atoms with Gasteiger partial charge in [-0.1, -0.05) is 0 Å². The third kappa shape index (κ3) is 1.99. The number of hydrogen-bond donors (Lipinski definition) is 2. The molecule has 0 amide bonds. The lowest BCUT2D eigenvalue weighted by atomic mass is 10.1. The predicted octanol–water partition coefficient (Wildman–Crippen LogP) is 1.46. The Morgan fingerprint density at radius 3 is 2.42 bits per heavy atom. The average Bonchev–Trinajstić information content (AvgIpc) is 2.71. The quantitative estimate of drug-likeness (QED) is 0.802. The number of esters is 2. The Morgan fingerprint density at radius 2 is 1.84 bits per heavy atom. The largest absolute Gasteiger partial charge is 0.465 e. The first-order valence-electron chi connectivity index (χ1n) is 5.27. The summed E-state index contributed by atoms with van der Waals surface area (Å²) in [6.07, 6.45) is 0. The second-order valence-electron chi connectivity index (χ2n) is 3.77. The van der Waals surface area contributed by atoms with E-state index in [1.165, 1.54) is 13.2 Å². The molecule has 100 valence electrons. The van der Waals surface area contributed by atoms with Gasteiger partial charge in [-0.3, -0.25) is 0 Å². The molecule has 7 heteroatoms. The molecule has 0 bridgehead atoms. The van der Waals surface area contributed by atoms with Crippen LogP contribution in [0.15, 0.2) is 12.1 Å². The van der Waals surface area contributed by atoms with E-state index < -0.39 is 17.8 Å². The van der Waals surface area contributed by atoms with Gasteiger partial charge in [-0.2, -0.15) is 0 Å². The van der Waals surface area contributed by atoms with Crippen molar-refractivity contribution in [3.63, 3.8) is 0 Å². The Morgan fingerprint density at radius 1 is 1.21 bits per heavy atom. The van der Waals surface area contributed by atoms with E-state index in [2.05, 4.69) is 14.5 Å². The number of benzene rings is 1. The number of aromatic nitrogens is 1. The molecule has 0 aliphatic heterocycles. The van der Waals surface area contributed by atoms with Crippen LogP contribution in [0.2, 0.25) is 0 Å². The van der Waals surface area contributed by atoms with Crippen LogP contribution in [0.4, 0.5) is 10.2 Å². The molecule has 0 fully saturated rings. The third-order valence-electron chi connectivity index (χ3n) is 2.71. The van der Waals surface area contributed by atoms with Gasteiger partial charge in [0.15, 0.2) is 0 Å². The molecular formula is C12H11FN2O4. The van der Waals surface area contributed by atoms with Gasteiger partial charge in [0.1, 0.15) is 17.2 Å². The van der Waals surface area contributed by atoms with Crippen molar-refractivity contribution in [3.8, 4) is 0 Å². The molecule has 2 rings (SSSR count). The van der Waals surface area contributed by atoms with Crippen molar-refractivity contribution in [2.75, 3.05) is 20.0 Å². The lowest BCUT2D eigenvalue weighted by molar-refractivity contribution is 0.0588. The Bertz CT molecular complexity index is 678. The van der Waals surface area contributed by atoms with Crippen LogP contribution in [-0.2, 0) is 9.47 Å². The fourth-order valence-electron chi connectivity index (χ4n) is 1.82. The van der Waals surface area contributed by atoms with Crippen LogP contribution in [0.25, 0.3) is 10.9 Å². The zero-order chi connectivity index (χ0) is 14.2. The van der Waals surface area contributed by atoms with Crippen molar-refractivity contribution in [1.29, 1.82) is 0 Å². The van der Waals surface area contributed by atoms with Gasteiger partial charge >= 0.3 is 11.9 Å². The zero-order valence-electron chi connectivity index (χ0n) is 10.2. The highest BCUT2D eigenvalue weighted by atomic mass is 19.1. The van der Waals surface area contributed by atoms with Crippen LogP contribution < -0.4 is 5.73 Å². The van der Waals surface area contributed by atoms with Crippen LogP contribution in [-0.4, -0.2) is 31.1 Å². The highest BCUT2D eigenvalue weighted by Gasteiger charge is 2.21. The number of nitrogens with two attached hydrogens (primary N) is 1. The number of H-pyrrole nitrogens is 1. The van der Waals surface area contributed by atoms with E-state index in [0.29, 0.717) is 10.9 Å². The summed E-state index contributed by atoms with van der Waals surface area (Å²) in [4.78, 5) is 25.7. The van der Waals surface area contributed by atoms with Gasteiger partial charge in [-0.15, -0.1) is 0 Å². The summed E-state index contributed by atoms with van der Waals surface area (Å²) in [5.74, 6) is -2.23. The van der Waals surface area contributed by atoms with Crippen LogP contribution >= 0.6 is 0 Å². The molecule has 1 aromatic heterocycles. The standard InChI is InChI=1S/C12H11FN2O4/c1-18-11(16)5-3-6-8(4-7(5)13)15-10(14)9(6)12(17)19-2/h3-4,15H,14H2,1-2H3. The minimum Gasteiger partial charge on any atom is -0.465 e. The number of fused-ring (bicyclic) bond motifs is 1. The second-order valence-corrected chi connectivity index (χ2v) is 3.77. The topological polar surface area (TPSA) is 94.4 Å². The molecule has 0 aliphatic carbocycles. The van der Waals surface area contributed by atoms with E-state index in [-0.39, 0.29) is 16.9 Å². The minimum absolute atomic E-state index is 0.0447. The normalized spacial score (nSPS) is 10.5. The molecule has 6 nitrogen and oxygen atoms in total. The molecule has 2 aromatic rings.